The fourth-order valence-electron chi connectivity index (χ4n) is 6.84. The molecule has 3 amide bonds. The Bertz CT molecular complexity index is 762. The van der Waals surface area contributed by atoms with Crippen LogP contribution in [0.15, 0.2) is 0 Å². The summed E-state index contributed by atoms with van der Waals surface area (Å²) in [5, 5.41) is 16.6. The number of likely N-dealkylation sites (tertiary alicyclic amines) is 1. The number of primary amides is 1. The van der Waals surface area contributed by atoms with Crippen molar-refractivity contribution < 1.29 is 19.5 Å². The molecule has 5 N–H and O–H groups in total. The molecule has 8 heteroatoms. The molecule has 3 unspecified atom stereocenters. The first kappa shape index (κ1) is 24.5. The van der Waals surface area contributed by atoms with E-state index in [0.29, 0.717) is 30.7 Å². The number of nitrogens with two attached hydrogens (primary N) is 1. The lowest BCUT2D eigenvalue weighted by molar-refractivity contribution is -0.144. The maximum absolute atomic E-state index is 13.7. The number of nitrogens with zero attached hydrogens (tertiary/aromatic N) is 1. The second-order valence-electron chi connectivity index (χ2n) is 11.5. The first-order valence-electron chi connectivity index (χ1n) is 12.9. The number of nitrogens with one attached hydrogen (secondary N) is 2. The predicted octanol–water partition coefficient (Wildman–Crippen LogP) is 1.16. The normalized spacial score (nSPS) is 31.8. The maximum Gasteiger partial charge on any atom is 0.248 e. The number of aliphatic hydroxyl groups is 1. The molecule has 4 fully saturated rings. The van der Waals surface area contributed by atoms with E-state index in [4.69, 9.17) is 5.73 Å². The zero-order chi connectivity index (χ0) is 23.9. The minimum atomic E-state index is -1.42. The van der Waals surface area contributed by atoms with Gasteiger partial charge in [0.05, 0.1) is 12.1 Å². The van der Waals surface area contributed by atoms with Crippen LogP contribution in [0.25, 0.3) is 0 Å². The van der Waals surface area contributed by atoms with Gasteiger partial charge in [0, 0.05) is 6.54 Å². The Hall–Kier alpha value is -1.67. The van der Waals surface area contributed by atoms with E-state index in [9.17, 15) is 19.5 Å². The number of piperidine rings is 1. The van der Waals surface area contributed by atoms with Crippen LogP contribution in [0.4, 0.5) is 0 Å². The van der Waals surface area contributed by atoms with Crippen LogP contribution in [0, 0.1) is 29.1 Å². The van der Waals surface area contributed by atoms with E-state index >= 15 is 0 Å². The molecule has 1 saturated heterocycles. The lowest BCUT2D eigenvalue weighted by atomic mass is 9.79. The monoisotopic (exact) mass is 462 g/mol. The number of carbonyl (C=O) groups is 3. The average Bonchev–Trinajstić information content (AvgIpc) is 3.10. The molecule has 0 spiro atoms. The molecule has 0 aromatic rings. The smallest absolute Gasteiger partial charge is 0.248 e. The number of fused-ring (bicyclic) bond motifs is 1. The standard InChI is InChI=1S/C25H42N4O4/c1-25(2)16-13-29(24(33)19(27-3)15-10-5-4-6-11-15)20(18(16)25)23(32)28-17(21(30)22(26)31)12-14-8-7-9-14/h14-21,27,30H,4-13H2,1-3H3,(H2,26,31)(H,28,32)/t16-,17?,18?,19-,20-,21?/m0/s1. The molecule has 0 aromatic carbocycles. The SMILES string of the molecule is CN[C@H](C(=O)N1C[C@H]2C([C@H]1C(=O)NC(CC1CCC1)C(O)C(N)=O)C2(C)C)C1CCCCC1. The fraction of sp³-hybridized carbons (Fsp3) is 0.880. The molecule has 6 atom stereocenters. The van der Waals surface area contributed by atoms with Crippen molar-refractivity contribution in [1.29, 1.82) is 0 Å². The first-order chi connectivity index (χ1) is 15.7. The Kier molecular flexibility index (Phi) is 7.06. The van der Waals surface area contributed by atoms with Gasteiger partial charge in [-0.2, -0.15) is 0 Å². The van der Waals surface area contributed by atoms with Gasteiger partial charge in [-0.3, -0.25) is 14.4 Å². The molecule has 186 valence electrons. The van der Waals surface area contributed by atoms with Crippen LogP contribution in [0.3, 0.4) is 0 Å². The van der Waals surface area contributed by atoms with E-state index in [1.54, 1.807) is 4.90 Å². The van der Waals surface area contributed by atoms with Crippen LogP contribution < -0.4 is 16.4 Å². The van der Waals surface area contributed by atoms with Gasteiger partial charge in [-0.1, -0.05) is 52.4 Å². The van der Waals surface area contributed by atoms with Crippen LogP contribution in [0.2, 0.25) is 0 Å². The second kappa shape index (κ2) is 9.53. The largest absolute Gasteiger partial charge is 0.381 e. The van der Waals surface area contributed by atoms with Crippen molar-refractivity contribution in [2.45, 2.75) is 95.9 Å². The highest BCUT2D eigenvalue weighted by molar-refractivity contribution is 5.92. The molecule has 1 heterocycles. The molecule has 1 aliphatic heterocycles. The third-order valence-electron chi connectivity index (χ3n) is 9.27. The van der Waals surface area contributed by atoms with Gasteiger partial charge in [-0.05, 0) is 55.4 Å². The van der Waals surface area contributed by atoms with Crippen LogP contribution in [0.5, 0.6) is 0 Å². The summed E-state index contributed by atoms with van der Waals surface area (Å²) in [6, 6.07) is -1.55. The minimum absolute atomic E-state index is 0.00450. The van der Waals surface area contributed by atoms with E-state index in [1.165, 1.54) is 6.42 Å². The zero-order valence-electron chi connectivity index (χ0n) is 20.4. The van der Waals surface area contributed by atoms with Gasteiger partial charge in [0.2, 0.25) is 17.7 Å². The van der Waals surface area contributed by atoms with E-state index in [-0.39, 0.29) is 29.2 Å². The van der Waals surface area contributed by atoms with Crippen molar-refractivity contribution in [2.75, 3.05) is 13.6 Å². The van der Waals surface area contributed by atoms with E-state index in [0.717, 1.165) is 44.9 Å². The Morgan fingerprint density at radius 2 is 1.76 bits per heavy atom. The van der Waals surface area contributed by atoms with Crippen LogP contribution in [0.1, 0.15) is 71.6 Å². The molecular weight excluding hydrogens is 420 g/mol. The molecule has 0 radical (unpaired) electrons. The fourth-order valence-corrected chi connectivity index (χ4v) is 6.84. The van der Waals surface area contributed by atoms with Gasteiger partial charge in [0.25, 0.3) is 0 Å². The summed E-state index contributed by atoms with van der Waals surface area (Å²) in [7, 11) is 1.84. The van der Waals surface area contributed by atoms with Crippen LogP contribution in [-0.2, 0) is 14.4 Å². The molecular formula is C25H42N4O4. The van der Waals surface area contributed by atoms with Crippen molar-refractivity contribution in [2.24, 2.45) is 34.8 Å². The predicted molar refractivity (Wildman–Crippen MR) is 125 cm³/mol. The van der Waals surface area contributed by atoms with E-state index in [2.05, 4.69) is 24.5 Å². The Labute approximate surface area is 197 Å². The average molecular weight is 463 g/mol. The highest BCUT2D eigenvalue weighted by Gasteiger charge is 2.69. The van der Waals surface area contributed by atoms with E-state index < -0.39 is 24.1 Å². The molecule has 0 bridgehead atoms. The number of likely N-dealkylation sites (N-methyl/N-ethyl adjacent to an activating group) is 1. The zero-order valence-corrected chi connectivity index (χ0v) is 20.4. The van der Waals surface area contributed by atoms with Crippen molar-refractivity contribution in [3.05, 3.63) is 0 Å². The third-order valence-corrected chi connectivity index (χ3v) is 9.27. The van der Waals surface area contributed by atoms with Crippen molar-refractivity contribution in [3.63, 3.8) is 0 Å². The number of amides is 3. The number of hydrogen-bond acceptors (Lipinski definition) is 5. The van der Waals surface area contributed by atoms with Gasteiger partial charge in [0.15, 0.2) is 6.10 Å². The summed E-state index contributed by atoms with van der Waals surface area (Å²) < 4.78 is 0. The van der Waals surface area contributed by atoms with Gasteiger partial charge >= 0.3 is 0 Å². The maximum atomic E-state index is 13.7. The summed E-state index contributed by atoms with van der Waals surface area (Å²) in [4.78, 5) is 40.8. The summed E-state index contributed by atoms with van der Waals surface area (Å²) in [5.41, 5.74) is 5.39. The molecule has 4 aliphatic rings. The van der Waals surface area contributed by atoms with Crippen molar-refractivity contribution in [3.8, 4) is 0 Å². The molecule has 4 rings (SSSR count). The van der Waals surface area contributed by atoms with E-state index in [1.807, 2.05) is 7.05 Å². The number of rotatable bonds is 9. The second-order valence-corrected chi connectivity index (χ2v) is 11.5. The highest BCUT2D eigenvalue weighted by Crippen LogP contribution is 2.65. The molecule has 8 nitrogen and oxygen atoms in total. The van der Waals surface area contributed by atoms with Gasteiger partial charge < -0.3 is 26.4 Å². The molecule has 3 saturated carbocycles. The summed E-state index contributed by atoms with van der Waals surface area (Å²) >= 11 is 0. The number of carbonyl (C=O) groups excluding carboxylic acids is 3. The highest BCUT2D eigenvalue weighted by atomic mass is 16.3. The summed E-state index contributed by atoms with van der Waals surface area (Å²) in [6.45, 7) is 4.90. The van der Waals surface area contributed by atoms with Gasteiger partial charge in [0.1, 0.15) is 6.04 Å². The lowest BCUT2D eigenvalue weighted by Crippen LogP contribution is -2.59. The Balaban J connectivity index is 1.51. The Morgan fingerprint density at radius 3 is 2.30 bits per heavy atom. The van der Waals surface area contributed by atoms with Crippen LogP contribution in [-0.4, -0.2) is 65.5 Å². The summed E-state index contributed by atoms with van der Waals surface area (Å²) in [5.74, 6) is 0.00970. The number of hydrogen-bond donors (Lipinski definition) is 4. The lowest BCUT2D eigenvalue weighted by Gasteiger charge is -2.37. The molecule has 3 aliphatic carbocycles. The van der Waals surface area contributed by atoms with Crippen molar-refractivity contribution >= 4 is 17.7 Å². The summed E-state index contributed by atoms with van der Waals surface area (Å²) in [6.07, 6.45) is 7.91. The Morgan fingerprint density at radius 1 is 1.09 bits per heavy atom. The van der Waals surface area contributed by atoms with Gasteiger partial charge in [-0.15, -0.1) is 0 Å². The van der Waals surface area contributed by atoms with Crippen molar-refractivity contribution in [1.82, 2.24) is 15.5 Å². The topological polar surface area (TPSA) is 125 Å². The molecule has 0 aromatic heterocycles. The number of aliphatic hydroxyl groups excluding tert-OH is 1. The quantitative estimate of drug-likeness (QED) is 0.409. The van der Waals surface area contributed by atoms with Crippen LogP contribution >= 0.6 is 0 Å². The third kappa shape index (κ3) is 4.65. The van der Waals surface area contributed by atoms with Gasteiger partial charge in [-0.25, -0.2) is 0 Å². The first-order valence-corrected chi connectivity index (χ1v) is 12.9. The molecule has 33 heavy (non-hydrogen) atoms. The minimum Gasteiger partial charge on any atom is -0.381 e.